The van der Waals surface area contributed by atoms with Crippen LogP contribution in [-0.4, -0.2) is 37.1 Å². The highest BCUT2D eigenvalue weighted by molar-refractivity contribution is 7.17. The average molecular weight is 338 g/mol. The third kappa shape index (κ3) is 2.69. The van der Waals surface area contributed by atoms with Gasteiger partial charge >= 0.3 is 0 Å². The Bertz CT molecular complexity index is 866. The van der Waals surface area contributed by atoms with Gasteiger partial charge in [-0.05, 0) is 41.8 Å². The summed E-state index contributed by atoms with van der Waals surface area (Å²) >= 11 is 1.75. The average Bonchev–Trinajstić information content (AvgIpc) is 3.11. The zero-order chi connectivity index (χ0) is 16.5. The quantitative estimate of drug-likeness (QED) is 0.798. The topological polar surface area (TPSA) is 62.5 Å². The Morgan fingerprint density at radius 1 is 1.00 bits per heavy atom. The van der Waals surface area contributed by atoms with Gasteiger partial charge in [0.1, 0.15) is 0 Å². The van der Waals surface area contributed by atoms with Crippen molar-refractivity contribution in [1.29, 1.82) is 0 Å². The number of hydrogen-bond acceptors (Lipinski definition) is 5. The molecule has 1 aromatic carbocycles. The second kappa shape index (κ2) is 6.13. The number of hydrogen-bond donors (Lipinski definition) is 1. The van der Waals surface area contributed by atoms with Gasteiger partial charge in [-0.1, -0.05) is 0 Å². The molecule has 1 amide bonds. The lowest BCUT2D eigenvalue weighted by Gasteiger charge is -2.37. The lowest BCUT2D eigenvalue weighted by molar-refractivity contribution is 0.100. The molecular weight excluding hydrogens is 320 g/mol. The van der Waals surface area contributed by atoms with Crippen molar-refractivity contribution in [2.75, 3.05) is 36.0 Å². The molecule has 5 nitrogen and oxygen atoms in total. The van der Waals surface area contributed by atoms with Crippen molar-refractivity contribution >= 4 is 38.8 Å². The van der Waals surface area contributed by atoms with E-state index in [-0.39, 0.29) is 5.91 Å². The number of pyridine rings is 1. The summed E-state index contributed by atoms with van der Waals surface area (Å²) < 4.78 is 1.26. The lowest BCUT2D eigenvalue weighted by atomic mass is 10.1. The summed E-state index contributed by atoms with van der Waals surface area (Å²) in [6.45, 7) is 3.83. The van der Waals surface area contributed by atoms with E-state index < -0.39 is 0 Å². The molecule has 24 heavy (non-hydrogen) atoms. The smallest absolute Gasteiger partial charge is 0.248 e. The highest BCUT2D eigenvalue weighted by Gasteiger charge is 2.19. The second-order valence-corrected chi connectivity index (χ2v) is 6.77. The zero-order valence-electron chi connectivity index (χ0n) is 13.2. The summed E-state index contributed by atoms with van der Waals surface area (Å²) in [6, 6.07) is 11.7. The number of primary amides is 1. The number of thiophene rings is 1. The molecule has 122 valence electrons. The molecule has 0 saturated carbocycles. The van der Waals surface area contributed by atoms with E-state index in [2.05, 4.69) is 32.3 Å². The van der Waals surface area contributed by atoms with Gasteiger partial charge < -0.3 is 15.5 Å². The van der Waals surface area contributed by atoms with Gasteiger partial charge in [0.05, 0.1) is 15.9 Å². The number of carbonyl (C=O) groups excluding carboxylic acids is 1. The Hall–Kier alpha value is -2.60. The van der Waals surface area contributed by atoms with Crippen molar-refractivity contribution in [1.82, 2.24) is 4.98 Å². The van der Waals surface area contributed by atoms with Crippen LogP contribution < -0.4 is 15.5 Å². The van der Waals surface area contributed by atoms with Crippen molar-refractivity contribution in [2.45, 2.75) is 0 Å². The van der Waals surface area contributed by atoms with E-state index >= 15 is 0 Å². The molecule has 6 heteroatoms. The van der Waals surface area contributed by atoms with Crippen LogP contribution in [-0.2, 0) is 0 Å². The molecule has 0 spiro atoms. The molecule has 0 unspecified atom stereocenters. The minimum Gasteiger partial charge on any atom is -0.368 e. The van der Waals surface area contributed by atoms with Crippen LogP contribution >= 0.6 is 11.3 Å². The number of fused-ring (bicyclic) bond motifs is 1. The number of carbonyl (C=O) groups is 1. The van der Waals surface area contributed by atoms with Gasteiger partial charge in [0.2, 0.25) is 5.91 Å². The van der Waals surface area contributed by atoms with Crippen LogP contribution in [0.15, 0.2) is 48.0 Å². The Balaban J connectivity index is 1.48. The van der Waals surface area contributed by atoms with Crippen LogP contribution in [0.4, 0.5) is 11.4 Å². The maximum absolute atomic E-state index is 11.2. The Morgan fingerprint density at radius 3 is 2.42 bits per heavy atom. The first-order valence-corrected chi connectivity index (χ1v) is 8.82. The largest absolute Gasteiger partial charge is 0.368 e. The molecule has 3 aromatic rings. The number of piperazine rings is 1. The molecule has 4 rings (SSSR count). The predicted octanol–water partition coefficient (Wildman–Crippen LogP) is 2.72. The van der Waals surface area contributed by atoms with E-state index in [4.69, 9.17) is 5.73 Å². The standard InChI is InChI=1S/C18H18N4OS/c19-18(23)13-1-3-14(4-2-13)21-8-10-22(11-9-21)16-5-7-20-15-6-12-24-17(15)16/h1-7,12H,8-11H2,(H2,19,23). The summed E-state index contributed by atoms with van der Waals surface area (Å²) in [4.78, 5) is 20.4. The van der Waals surface area contributed by atoms with Crippen LogP contribution in [0.25, 0.3) is 10.2 Å². The molecule has 0 aliphatic carbocycles. The lowest BCUT2D eigenvalue weighted by Crippen LogP contribution is -2.46. The van der Waals surface area contributed by atoms with Crippen LogP contribution in [0.3, 0.4) is 0 Å². The van der Waals surface area contributed by atoms with E-state index in [0.717, 1.165) is 37.4 Å². The van der Waals surface area contributed by atoms with Crippen molar-refractivity contribution in [3.05, 3.63) is 53.5 Å². The first kappa shape index (κ1) is 15.0. The number of aromatic nitrogens is 1. The summed E-state index contributed by atoms with van der Waals surface area (Å²) in [5.74, 6) is -0.385. The summed E-state index contributed by atoms with van der Waals surface area (Å²) in [6.07, 6.45) is 1.89. The number of rotatable bonds is 3. The van der Waals surface area contributed by atoms with Gasteiger partial charge in [-0.15, -0.1) is 11.3 Å². The van der Waals surface area contributed by atoms with Gasteiger partial charge in [0, 0.05) is 43.6 Å². The molecule has 3 heterocycles. The SMILES string of the molecule is NC(=O)c1ccc(N2CCN(c3ccnc4ccsc34)CC2)cc1. The normalized spacial score (nSPS) is 15.0. The van der Waals surface area contributed by atoms with Crippen molar-refractivity contribution in [3.63, 3.8) is 0 Å². The zero-order valence-corrected chi connectivity index (χ0v) is 14.0. The fourth-order valence-corrected chi connectivity index (χ4v) is 4.04. The van der Waals surface area contributed by atoms with E-state index in [1.165, 1.54) is 10.4 Å². The monoisotopic (exact) mass is 338 g/mol. The fourth-order valence-electron chi connectivity index (χ4n) is 3.15. The molecule has 1 aliphatic rings. The summed E-state index contributed by atoms with van der Waals surface area (Å²) in [5.41, 5.74) is 9.33. The Labute approximate surface area is 144 Å². The third-order valence-corrected chi connectivity index (χ3v) is 5.39. The number of nitrogens with two attached hydrogens (primary N) is 1. The van der Waals surface area contributed by atoms with Gasteiger partial charge in [0.15, 0.2) is 0 Å². The van der Waals surface area contributed by atoms with E-state index in [1.54, 1.807) is 23.5 Å². The van der Waals surface area contributed by atoms with Crippen molar-refractivity contribution in [2.24, 2.45) is 5.73 Å². The maximum atomic E-state index is 11.2. The highest BCUT2D eigenvalue weighted by Crippen LogP contribution is 2.31. The molecule has 2 N–H and O–H groups in total. The van der Waals surface area contributed by atoms with Gasteiger partial charge in [-0.25, -0.2) is 0 Å². The predicted molar refractivity (Wildman–Crippen MR) is 99.0 cm³/mol. The van der Waals surface area contributed by atoms with Crippen LogP contribution in [0, 0.1) is 0 Å². The second-order valence-electron chi connectivity index (χ2n) is 5.85. The maximum Gasteiger partial charge on any atom is 0.248 e. The minimum atomic E-state index is -0.385. The van der Waals surface area contributed by atoms with Gasteiger partial charge in [0.25, 0.3) is 0 Å². The molecule has 1 fully saturated rings. The molecule has 1 saturated heterocycles. The van der Waals surface area contributed by atoms with Crippen molar-refractivity contribution < 1.29 is 4.79 Å². The fraction of sp³-hybridized carbons (Fsp3) is 0.222. The molecule has 0 bridgehead atoms. The van der Waals surface area contributed by atoms with Crippen LogP contribution in [0.5, 0.6) is 0 Å². The minimum absolute atomic E-state index is 0.385. The van der Waals surface area contributed by atoms with E-state index in [9.17, 15) is 4.79 Å². The van der Waals surface area contributed by atoms with Gasteiger partial charge in [-0.3, -0.25) is 9.78 Å². The molecule has 2 aromatic heterocycles. The van der Waals surface area contributed by atoms with E-state index in [0.29, 0.717) is 5.56 Å². The number of benzene rings is 1. The van der Waals surface area contributed by atoms with Crippen LogP contribution in [0.1, 0.15) is 10.4 Å². The number of nitrogens with zero attached hydrogens (tertiary/aromatic N) is 3. The molecule has 0 atom stereocenters. The van der Waals surface area contributed by atoms with E-state index in [1.807, 2.05) is 18.3 Å². The highest BCUT2D eigenvalue weighted by atomic mass is 32.1. The first-order valence-electron chi connectivity index (χ1n) is 7.94. The molecule has 0 radical (unpaired) electrons. The Morgan fingerprint density at radius 2 is 1.71 bits per heavy atom. The first-order chi connectivity index (χ1) is 11.7. The third-order valence-electron chi connectivity index (χ3n) is 4.46. The van der Waals surface area contributed by atoms with Crippen LogP contribution in [0.2, 0.25) is 0 Å². The number of amides is 1. The number of anilines is 2. The Kier molecular flexibility index (Phi) is 3.82. The molecule has 1 aliphatic heterocycles. The molecular formula is C18H18N4OS. The summed E-state index contributed by atoms with van der Waals surface area (Å²) in [5, 5.41) is 2.09. The van der Waals surface area contributed by atoms with Crippen molar-refractivity contribution in [3.8, 4) is 0 Å². The summed E-state index contributed by atoms with van der Waals surface area (Å²) in [7, 11) is 0. The van der Waals surface area contributed by atoms with Gasteiger partial charge in [-0.2, -0.15) is 0 Å².